The molecule has 0 unspecified atom stereocenters. The van der Waals surface area contributed by atoms with Gasteiger partial charge in [-0.15, -0.1) is 0 Å². The summed E-state index contributed by atoms with van der Waals surface area (Å²) in [5, 5.41) is 2.82. The summed E-state index contributed by atoms with van der Waals surface area (Å²) in [4.78, 5) is 0. The molecule has 0 N–H and O–H groups in total. The summed E-state index contributed by atoms with van der Waals surface area (Å²) < 4.78 is 0. The lowest BCUT2D eigenvalue weighted by Crippen LogP contribution is -2.28. The molecule has 0 saturated carbocycles. The van der Waals surface area contributed by atoms with Gasteiger partial charge >= 0.3 is 0 Å². The molecule has 0 nitrogen and oxygen atoms in total. The molecule has 2 aromatic carbocycles. The third kappa shape index (κ3) is 3.30. The Labute approximate surface area is 107 Å². The first-order valence-electron chi connectivity index (χ1n) is 5.98. The van der Waals surface area contributed by atoms with E-state index in [-0.39, 0.29) is 5.41 Å². The number of benzene rings is 2. The molecule has 2 rings (SSSR count). The molecular weight excluding hydrogens is 220 g/mol. The lowest BCUT2D eigenvalue weighted by molar-refractivity contribution is 0.591. The highest BCUT2D eigenvalue weighted by molar-refractivity contribution is 6.67. The van der Waals surface area contributed by atoms with Crippen molar-refractivity contribution in [2.75, 3.05) is 0 Å². The average Bonchev–Trinajstić information content (AvgIpc) is 2.29. The van der Waals surface area contributed by atoms with Crippen LogP contribution in [0.5, 0.6) is 0 Å². The molecule has 0 amide bonds. The van der Waals surface area contributed by atoms with Gasteiger partial charge in [0.25, 0.3) is 0 Å². The van der Waals surface area contributed by atoms with E-state index >= 15 is 0 Å². The molecule has 2 radical (unpaired) electrons. The Hall–Kier alpha value is -1.34. The van der Waals surface area contributed by atoms with Crippen LogP contribution in [-0.2, 0) is 5.41 Å². The monoisotopic (exact) mass is 238 g/mol. The highest BCUT2D eigenvalue weighted by Gasteiger charge is 2.13. The van der Waals surface area contributed by atoms with Crippen molar-refractivity contribution in [3.8, 4) is 0 Å². The van der Waals surface area contributed by atoms with Gasteiger partial charge in [0, 0.05) is 0 Å². The first kappa shape index (κ1) is 12.1. The van der Waals surface area contributed by atoms with Crippen molar-refractivity contribution in [2.24, 2.45) is 0 Å². The summed E-state index contributed by atoms with van der Waals surface area (Å²) >= 11 is 0. The second-order valence-electron chi connectivity index (χ2n) is 5.32. The second kappa shape index (κ2) is 4.88. The van der Waals surface area contributed by atoms with E-state index in [1.807, 2.05) is 0 Å². The summed E-state index contributed by atoms with van der Waals surface area (Å²) in [5.74, 6) is 0. The van der Waals surface area contributed by atoms with Crippen LogP contribution < -0.4 is 10.4 Å². The lowest BCUT2D eigenvalue weighted by atomic mass is 9.87. The zero-order chi connectivity index (χ0) is 12.3. The van der Waals surface area contributed by atoms with E-state index in [4.69, 9.17) is 0 Å². The fraction of sp³-hybridized carbons (Fsp3) is 0.250. The number of hydrogen-bond donors (Lipinski definition) is 0. The predicted molar refractivity (Wildman–Crippen MR) is 76.6 cm³/mol. The van der Waals surface area contributed by atoms with E-state index in [2.05, 4.69) is 75.4 Å². The highest BCUT2D eigenvalue weighted by atomic mass is 28.2. The van der Waals surface area contributed by atoms with Crippen LogP contribution in [0.25, 0.3) is 0 Å². The summed E-state index contributed by atoms with van der Waals surface area (Å²) in [6.07, 6.45) is 0. The fourth-order valence-electron chi connectivity index (χ4n) is 1.75. The van der Waals surface area contributed by atoms with Gasteiger partial charge in [0.1, 0.15) is 9.52 Å². The zero-order valence-electron chi connectivity index (χ0n) is 10.7. The Morgan fingerprint density at radius 1 is 0.765 bits per heavy atom. The van der Waals surface area contributed by atoms with Crippen LogP contribution in [0.15, 0.2) is 54.6 Å². The Kier molecular flexibility index (Phi) is 3.48. The molecule has 0 heterocycles. The third-order valence-corrected chi connectivity index (χ3v) is 4.01. The van der Waals surface area contributed by atoms with Crippen molar-refractivity contribution in [3.05, 3.63) is 60.2 Å². The minimum Gasteiger partial charge on any atom is -0.0631 e. The van der Waals surface area contributed by atoms with E-state index in [0.29, 0.717) is 0 Å². The lowest BCUT2D eigenvalue weighted by Gasteiger charge is -2.19. The van der Waals surface area contributed by atoms with Crippen molar-refractivity contribution in [1.29, 1.82) is 0 Å². The van der Waals surface area contributed by atoms with Crippen LogP contribution in [-0.4, -0.2) is 9.52 Å². The summed E-state index contributed by atoms with van der Waals surface area (Å²) in [6, 6.07) is 19.6. The van der Waals surface area contributed by atoms with E-state index in [1.54, 1.807) is 0 Å². The summed E-state index contributed by atoms with van der Waals surface area (Å²) in [5.41, 5.74) is 1.65. The van der Waals surface area contributed by atoms with Crippen LogP contribution in [0, 0.1) is 0 Å². The molecule has 0 fully saturated rings. The Balaban J connectivity index is 2.23. The van der Waals surface area contributed by atoms with Gasteiger partial charge in [0.2, 0.25) is 0 Å². The summed E-state index contributed by atoms with van der Waals surface area (Å²) in [6.45, 7) is 6.78. The van der Waals surface area contributed by atoms with Crippen molar-refractivity contribution in [2.45, 2.75) is 26.2 Å². The molecule has 0 spiro atoms. The van der Waals surface area contributed by atoms with Crippen molar-refractivity contribution in [1.82, 2.24) is 0 Å². The van der Waals surface area contributed by atoms with Gasteiger partial charge in [-0.05, 0) is 11.0 Å². The Bertz CT molecular complexity index is 480. The first-order valence-corrected chi connectivity index (χ1v) is 6.98. The minimum absolute atomic E-state index is 0.233. The van der Waals surface area contributed by atoms with Crippen molar-refractivity contribution in [3.63, 3.8) is 0 Å². The molecule has 86 valence electrons. The molecule has 0 atom stereocenters. The maximum Gasteiger partial charge on any atom is 0.121 e. The standard InChI is InChI=1S/C16H18Si/c1-16(2,3)13-8-7-11-15(12-13)17-14-9-5-4-6-10-14/h4-12H,1-3H3. The van der Waals surface area contributed by atoms with E-state index < -0.39 is 0 Å². The fourth-order valence-corrected chi connectivity index (χ4v) is 2.85. The molecule has 0 aliphatic carbocycles. The molecule has 0 aliphatic rings. The molecule has 1 heteroatoms. The van der Waals surface area contributed by atoms with Gasteiger partial charge < -0.3 is 0 Å². The Morgan fingerprint density at radius 2 is 1.41 bits per heavy atom. The largest absolute Gasteiger partial charge is 0.121 e. The molecule has 2 aromatic rings. The van der Waals surface area contributed by atoms with Gasteiger partial charge in [-0.2, -0.15) is 0 Å². The molecule has 0 bridgehead atoms. The van der Waals surface area contributed by atoms with Gasteiger partial charge in [-0.1, -0.05) is 85.7 Å². The van der Waals surface area contributed by atoms with Crippen LogP contribution in [0.3, 0.4) is 0 Å². The van der Waals surface area contributed by atoms with Crippen molar-refractivity contribution >= 4 is 19.9 Å². The summed E-state index contributed by atoms with van der Waals surface area (Å²) in [7, 11) is 0.752. The first-order chi connectivity index (χ1) is 8.05. The van der Waals surface area contributed by atoms with Crippen LogP contribution in [0.4, 0.5) is 0 Å². The normalized spacial score (nSPS) is 11.5. The minimum atomic E-state index is 0.233. The highest BCUT2D eigenvalue weighted by Crippen LogP contribution is 2.20. The van der Waals surface area contributed by atoms with Gasteiger partial charge in [0.15, 0.2) is 0 Å². The maximum atomic E-state index is 2.34. The smallest absolute Gasteiger partial charge is 0.0631 e. The van der Waals surface area contributed by atoms with E-state index in [0.717, 1.165) is 9.52 Å². The van der Waals surface area contributed by atoms with Gasteiger partial charge in [-0.3, -0.25) is 0 Å². The maximum absolute atomic E-state index is 2.34. The van der Waals surface area contributed by atoms with Crippen LogP contribution >= 0.6 is 0 Å². The molecule has 17 heavy (non-hydrogen) atoms. The number of rotatable bonds is 2. The molecule has 0 aliphatic heterocycles. The quantitative estimate of drug-likeness (QED) is 0.706. The zero-order valence-corrected chi connectivity index (χ0v) is 11.7. The Morgan fingerprint density at radius 3 is 2.06 bits per heavy atom. The second-order valence-corrected chi connectivity index (χ2v) is 6.73. The van der Waals surface area contributed by atoms with Crippen LogP contribution in [0.1, 0.15) is 26.3 Å². The molecule has 0 aromatic heterocycles. The topological polar surface area (TPSA) is 0 Å². The molecule has 0 saturated heterocycles. The van der Waals surface area contributed by atoms with Gasteiger partial charge in [0.05, 0.1) is 0 Å². The SMILES string of the molecule is CC(C)(C)c1cccc([Si]c2ccccc2)c1. The third-order valence-electron chi connectivity index (χ3n) is 2.79. The predicted octanol–water partition coefficient (Wildman–Crippen LogP) is 2.64. The molecular formula is C16H18Si. The van der Waals surface area contributed by atoms with E-state index in [1.165, 1.54) is 15.9 Å². The number of hydrogen-bond acceptors (Lipinski definition) is 0. The average molecular weight is 238 g/mol. The van der Waals surface area contributed by atoms with Crippen LogP contribution in [0.2, 0.25) is 0 Å². The van der Waals surface area contributed by atoms with Crippen molar-refractivity contribution < 1.29 is 0 Å². The van der Waals surface area contributed by atoms with Gasteiger partial charge in [-0.25, -0.2) is 0 Å². The van der Waals surface area contributed by atoms with E-state index in [9.17, 15) is 0 Å².